The van der Waals surface area contributed by atoms with Crippen molar-refractivity contribution in [3.8, 4) is 0 Å². The van der Waals surface area contributed by atoms with Gasteiger partial charge in [-0.1, -0.05) is 5.16 Å². The van der Waals surface area contributed by atoms with Crippen LogP contribution in [0.15, 0.2) is 4.52 Å². The van der Waals surface area contributed by atoms with E-state index in [0.29, 0.717) is 18.7 Å². The average Bonchev–Trinajstić information content (AvgIpc) is 2.56. The van der Waals surface area contributed by atoms with Gasteiger partial charge in [-0.25, -0.2) is 0 Å². The molecule has 1 atom stereocenters. The van der Waals surface area contributed by atoms with E-state index >= 15 is 0 Å². The summed E-state index contributed by atoms with van der Waals surface area (Å²) in [6, 6.07) is -0.287. The lowest BCUT2D eigenvalue weighted by Crippen LogP contribution is -2.47. The Morgan fingerprint density at radius 2 is 2.33 bits per heavy atom. The summed E-state index contributed by atoms with van der Waals surface area (Å²) in [4.78, 5) is 26.1. The molecular weight excluding hydrogens is 200 g/mol. The molecule has 1 aliphatic rings. The van der Waals surface area contributed by atoms with Crippen LogP contribution in [-0.2, 0) is 9.59 Å². The molecule has 0 spiro atoms. The lowest BCUT2D eigenvalue weighted by atomic mass is 10.1. The summed E-state index contributed by atoms with van der Waals surface area (Å²) in [5.41, 5.74) is 0. The molecule has 1 aromatic rings. The topological polar surface area (TPSA) is 97.1 Å². The van der Waals surface area contributed by atoms with Crippen molar-refractivity contribution < 1.29 is 14.1 Å². The van der Waals surface area contributed by atoms with Crippen LogP contribution >= 0.6 is 0 Å². The first kappa shape index (κ1) is 9.63. The average molecular weight is 210 g/mol. The molecule has 1 saturated heterocycles. The Hall–Kier alpha value is -1.92. The first-order chi connectivity index (χ1) is 7.15. The molecule has 0 saturated carbocycles. The van der Waals surface area contributed by atoms with E-state index in [0.717, 1.165) is 0 Å². The second-order valence-corrected chi connectivity index (χ2v) is 3.29. The summed E-state index contributed by atoms with van der Waals surface area (Å²) in [7, 11) is 0. The van der Waals surface area contributed by atoms with Gasteiger partial charge in [0.1, 0.15) is 6.04 Å². The first-order valence-electron chi connectivity index (χ1n) is 4.55. The lowest BCUT2D eigenvalue weighted by molar-refractivity contribution is -0.133. The van der Waals surface area contributed by atoms with Crippen LogP contribution in [0.5, 0.6) is 0 Å². The lowest BCUT2D eigenvalue weighted by Gasteiger charge is -2.20. The van der Waals surface area contributed by atoms with Gasteiger partial charge in [0.05, 0.1) is 0 Å². The van der Waals surface area contributed by atoms with E-state index < -0.39 is 6.04 Å². The number of hydrogen-bond donors (Lipinski definition) is 2. The fourth-order valence-electron chi connectivity index (χ4n) is 1.34. The minimum Gasteiger partial charge on any atom is -0.326 e. The largest absolute Gasteiger partial charge is 0.326 e. The van der Waals surface area contributed by atoms with E-state index in [1.807, 2.05) is 0 Å². The maximum Gasteiger partial charge on any atom is 0.322 e. The maximum atomic E-state index is 11.3. The minimum absolute atomic E-state index is 0.196. The van der Waals surface area contributed by atoms with Crippen LogP contribution in [0, 0.1) is 6.92 Å². The fraction of sp³-hybridized carbons (Fsp3) is 0.500. The van der Waals surface area contributed by atoms with Crippen LogP contribution in [0.2, 0.25) is 0 Å². The van der Waals surface area contributed by atoms with Gasteiger partial charge in [0.15, 0.2) is 5.82 Å². The molecule has 7 nitrogen and oxygen atoms in total. The number of rotatable bonds is 2. The van der Waals surface area contributed by atoms with Gasteiger partial charge in [-0.2, -0.15) is 4.98 Å². The molecule has 1 aromatic heterocycles. The third kappa shape index (κ3) is 2.12. The molecule has 80 valence electrons. The highest BCUT2D eigenvalue weighted by molar-refractivity contribution is 6.01. The quantitative estimate of drug-likeness (QED) is 0.644. The predicted octanol–water partition coefficient (Wildman–Crippen LogP) is -0.405. The number of aryl methyl sites for hydroxylation is 1. The molecule has 1 fully saturated rings. The van der Waals surface area contributed by atoms with Crippen molar-refractivity contribution in [2.24, 2.45) is 0 Å². The van der Waals surface area contributed by atoms with E-state index in [1.54, 1.807) is 6.92 Å². The van der Waals surface area contributed by atoms with Gasteiger partial charge in [0.25, 0.3) is 0 Å². The number of nitrogens with zero attached hydrogens (tertiary/aromatic N) is 2. The van der Waals surface area contributed by atoms with E-state index in [4.69, 9.17) is 4.52 Å². The molecule has 2 amide bonds. The monoisotopic (exact) mass is 210 g/mol. The number of aromatic nitrogens is 2. The number of imide groups is 1. The number of carbonyl (C=O) groups excluding carboxylic acids is 2. The number of carbonyl (C=O) groups is 2. The fourth-order valence-corrected chi connectivity index (χ4v) is 1.34. The Labute approximate surface area is 85.2 Å². The molecule has 0 aliphatic carbocycles. The Morgan fingerprint density at radius 3 is 2.93 bits per heavy atom. The van der Waals surface area contributed by atoms with Gasteiger partial charge in [-0.3, -0.25) is 14.9 Å². The molecule has 0 bridgehead atoms. The summed E-state index contributed by atoms with van der Waals surface area (Å²) in [6.07, 6.45) is 0.753. The van der Waals surface area contributed by atoms with Gasteiger partial charge < -0.3 is 9.84 Å². The first-order valence-corrected chi connectivity index (χ1v) is 4.55. The molecule has 2 rings (SSSR count). The summed E-state index contributed by atoms with van der Waals surface area (Å²) >= 11 is 0. The molecule has 2 heterocycles. The van der Waals surface area contributed by atoms with Crippen molar-refractivity contribution in [3.63, 3.8) is 0 Å². The third-order valence-corrected chi connectivity index (χ3v) is 2.06. The molecule has 2 N–H and O–H groups in total. The zero-order valence-corrected chi connectivity index (χ0v) is 8.11. The molecule has 1 aliphatic heterocycles. The molecular formula is C8H10N4O3. The second-order valence-electron chi connectivity index (χ2n) is 3.29. The highest BCUT2D eigenvalue weighted by Crippen LogP contribution is 2.11. The van der Waals surface area contributed by atoms with E-state index in [-0.39, 0.29) is 17.8 Å². The molecule has 1 unspecified atom stereocenters. The Bertz CT molecular complexity index is 400. The van der Waals surface area contributed by atoms with Gasteiger partial charge in [0.2, 0.25) is 11.8 Å². The van der Waals surface area contributed by atoms with E-state index in [2.05, 4.69) is 20.8 Å². The number of anilines is 1. The summed E-state index contributed by atoms with van der Waals surface area (Å²) in [6.45, 7) is 1.68. The van der Waals surface area contributed by atoms with Gasteiger partial charge >= 0.3 is 6.01 Å². The third-order valence-electron chi connectivity index (χ3n) is 2.06. The highest BCUT2D eigenvalue weighted by atomic mass is 16.5. The molecule has 7 heteroatoms. The molecule has 15 heavy (non-hydrogen) atoms. The Kier molecular flexibility index (Phi) is 2.36. The van der Waals surface area contributed by atoms with E-state index in [9.17, 15) is 9.59 Å². The Balaban J connectivity index is 2.00. The summed E-state index contributed by atoms with van der Waals surface area (Å²) in [5.74, 6) is -0.119. The van der Waals surface area contributed by atoms with Gasteiger partial charge in [-0.15, -0.1) is 0 Å². The zero-order chi connectivity index (χ0) is 10.8. The number of amides is 2. The highest BCUT2D eigenvalue weighted by Gasteiger charge is 2.27. The van der Waals surface area contributed by atoms with Crippen molar-refractivity contribution in [2.75, 3.05) is 5.32 Å². The molecule has 0 aromatic carbocycles. The van der Waals surface area contributed by atoms with Gasteiger partial charge in [-0.05, 0) is 13.3 Å². The number of hydrogen-bond acceptors (Lipinski definition) is 6. The number of nitrogens with one attached hydrogen (secondary N) is 2. The minimum atomic E-state index is -0.484. The van der Waals surface area contributed by atoms with Crippen molar-refractivity contribution in [3.05, 3.63) is 5.82 Å². The smallest absolute Gasteiger partial charge is 0.322 e. The summed E-state index contributed by atoms with van der Waals surface area (Å²) < 4.78 is 4.81. The number of piperidine rings is 1. The van der Waals surface area contributed by atoms with Crippen LogP contribution in [0.4, 0.5) is 6.01 Å². The maximum absolute atomic E-state index is 11.3. The standard InChI is InChI=1S/C8H10N4O3/c1-4-9-8(15-12-4)10-5-2-3-6(13)11-7(5)14/h5H,2-3H2,1H3,(H,9,10,12)(H,11,13,14). The van der Waals surface area contributed by atoms with Crippen LogP contribution in [0.1, 0.15) is 18.7 Å². The summed E-state index contributed by atoms with van der Waals surface area (Å²) in [5, 5.41) is 8.57. The Morgan fingerprint density at radius 1 is 1.53 bits per heavy atom. The van der Waals surface area contributed by atoms with Crippen molar-refractivity contribution in [2.45, 2.75) is 25.8 Å². The molecule has 0 radical (unpaired) electrons. The van der Waals surface area contributed by atoms with Crippen LogP contribution in [0.25, 0.3) is 0 Å². The van der Waals surface area contributed by atoms with E-state index in [1.165, 1.54) is 0 Å². The normalized spacial score (nSPS) is 21.3. The van der Waals surface area contributed by atoms with Crippen LogP contribution in [-0.4, -0.2) is 28.0 Å². The van der Waals surface area contributed by atoms with Crippen LogP contribution in [0.3, 0.4) is 0 Å². The van der Waals surface area contributed by atoms with Gasteiger partial charge in [0, 0.05) is 6.42 Å². The van der Waals surface area contributed by atoms with Crippen molar-refractivity contribution in [1.82, 2.24) is 15.5 Å². The SMILES string of the molecule is Cc1noc(NC2CCC(=O)NC2=O)n1. The van der Waals surface area contributed by atoms with Crippen molar-refractivity contribution in [1.29, 1.82) is 0 Å². The van der Waals surface area contributed by atoms with Crippen molar-refractivity contribution >= 4 is 17.8 Å². The zero-order valence-electron chi connectivity index (χ0n) is 8.11. The van der Waals surface area contributed by atoms with Crippen LogP contribution < -0.4 is 10.6 Å². The predicted molar refractivity (Wildman–Crippen MR) is 48.8 cm³/mol. The second kappa shape index (κ2) is 3.68.